The van der Waals surface area contributed by atoms with E-state index >= 15 is 0 Å². The lowest BCUT2D eigenvalue weighted by atomic mass is 10.1. The minimum Gasteiger partial charge on any atom is -0.505 e. The van der Waals surface area contributed by atoms with E-state index < -0.39 is 21.9 Å². The summed E-state index contributed by atoms with van der Waals surface area (Å²) in [7, 11) is -4.03. The number of benzene rings is 2. The van der Waals surface area contributed by atoms with Crippen LogP contribution in [-0.4, -0.2) is 38.4 Å². The van der Waals surface area contributed by atoms with Gasteiger partial charge in [0.1, 0.15) is 18.1 Å². The van der Waals surface area contributed by atoms with Gasteiger partial charge in [0.15, 0.2) is 17.2 Å². The summed E-state index contributed by atoms with van der Waals surface area (Å²) in [4.78, 5) is -0.352. The lowest BCUT2D eigenvalue weighted by Crippen LogP contribution is -2.28. The number of fused-ring (bicyclic) bond motifs is 1. The first kappa shape index (κ1) is 17.8. The highest BCUT2D eigenvalue weighted by Crippen LogP contribution is 2.33. The van der Waals surface area contributed by atoms with Crippen molar-refractivity contribution in [2.24, 2.45) is 0 Å². The molecule has 0 fully saturated rings. The minimum absolute atomic E-state index is 0.0738. The fourth-order valence-corrected chi connectivity index (χ4v) is 3.75. The van der Waals surface area contributed by atoms with Crippen LogP contribution in [-0.2, 0) is 10.0 Å². The molecule has 0 amide bonds. The van der Waals surface area contributed by atoms with Crippen LogP contribution in [0.5, 0.6) is 17.2 Å². The molecule has 2 aromatic rings. The predicted octanol–water partition coefficient (Wildman–Crippen LogP) is 1.83. The molecule has 0 saturated carbocycles. The Bertz CT molecular complexity index is 886. The highest BCUT2D eigenvalue weighted by molar-refractivity contribution is 7.89. The van der Waals surface area contributed by atoms with E-state index in [9.17, 15) is 18.6 Å². The molecule has 3 rings (SSSR count). The third-order valence-corrected chi connectivity index (χ3v) is 5.42. The van der Waals surface area contributed by atoms with Crippen LogP contribution < -0.4 is 14.2 Å². The summed E-state index contributed by atoms with van der Waals surface area (Å²) in [5, 5.41) is 20.0. The average molecular weight is 386 g/mol. The van der Waals surface area contributed by atoms with Gasteiger partial charge >= 0.3 is 0 Å². The number of hydrogen-bond donors (Lipinski definition) is 3. The number of ether oxygens (including phenoxy) is 2. The average Bonchev–Trinajstić information content (AvgIpc) is 2.61. The van der Waals surface area contributed by atoms with Crippen molar-refractivity contribution in [3.05, 3.63) is 47.0 Å². The maximum Gasteiger partial charge on any atom is 0.244 e. The number of phenols is 1. The summed E-state index contributed by atoms with van der Waals surface area (Å²) in [6, 6.07) is 8.89. The van der Waals surface area contributed by atoms with Crippen LogP contribution in [0.4, 0.5) is 0 Å². The molecular weight excluding hydrogens is 370 g/mol. The highest BCUT2D eigenvalue weighted by atomic mass is 35.5. The standard InChI is InChI=1S/C16H16ClNO6S/c17-11-2-1-3-15(16(11)20)25(21,22)18-9-12(19)10-4-5-13-14(8-10)24-7-6-23-13/h1-5,8,12,18-20H,6-7,9H2/t12-/m0/s1. The van der Waals surface area contributed by atoms with Crippen LogP contribution in [0, 0.1) is 0 Å². The molecule has 9 heteroatoms. The number of rotatable bonds is 5. The van der Waals surface area contributed by atoms with Crippen LogP contribution in [0.3, 0.4) is 0 Å². The molecule has 25 heavy (non-hydrogen) atoms. The number of para-hydroxylation sites is 1. The van der Waals surface area contributed by atoms with Crippen LogP contribution in [0.2, 0.25) is 5.02 Å². The molecule has 0 radical (unpaired) electrons. The van der Waals surface area contributed by atoms with Crippen molar-refractivity contribution in [3.63, 3.8) is 0 Å². The molecule has 0 saturated heterocycles. The van der Waals surface area contributed by atoms with Crippen molar-refractivity contribution in [2.45, 2.75) is 11.0 Å². The van der Waals surface area contributed by atoms with Crippen molar-refractivity contribution in [3.8, 4) is 17.2 Å². The van der Waals surface area contributed by atoms with Crippen molar-refractivity contribution in [2.75, 3.05) is 19.8 Å². The van der Waals surface area contributed by atoms with Crippen molar-refractivity contribution in [1.29, 1.82) is 0 Å². The molecule has 0 aliphatic carbocycles. The van der Waals surface area contributed by atoms with Gasteiger partial charge in [-0.3, -0.25) is 0 Å². The largest absolute Gasteiger partial charge is 0.505 e. The van der Waals surface area contributed by atoms with Crippen LogP contribution in [0.1, 0.15) is 11.7 Å². The van der Waals surface area contributed by atoms with Crippen LogP contribution in [0.25, 0.3) is 0 Å². The van der Waals surface area contributed by atoms with E-state index in [2.05, 4.69) is 4.72 Å². The molecule has 1 atom stereocenters. The van der Waals surface area contributed by atoms with Gasteiger partial charge in [-0.15, -0.1) is 0 Å². The van der Waals surface area contributed by atoms with Gasteiger partial charge in [0.2, 0.25) is 10.0 Å². The SMILES string of the molecule is O=S(=O)(NC[C@H](O)c1ccc2c(c1)OCCO2)c1cccc(Cl)c1O. The van der Waals surface area contributed by atoms with E-state index in [1.54, 1.807) is 18.2 Å². The number of sulfonamides is 1. The third kappa shape index (κ3) is 3.82. The zero-order chi connectivity index (χ0) is 18.0. The van der Waals surface area contributed by atoms with Crippen LogP contribution in [0.15, 0.2) is 41.3 Å². The molecule has 1 heterocycles. The Labute approximate surface area is 149 Å². The Morgan fingerprint density at radius 3 is 2.64 bits per heavy atom. The van der Waals surface area contributed by atoms with Gasteiger partial charge in [-0.25, -0.2) is 13.1 Å². The minimum atomic E-state index is -4.03. The summed E-state index contributed by atoms with van der Waals surface area (Å²) in [6.07, 6.45) is -1.10. The van der Waals surface area contributed by atoms with Crippen molar-refractivity contribution < 1.29 is 28.1 Å². The first-order chi connectivity index (χ1) is 11.9. The molecule has 0 unspecified atom stereocenters. The lowest BCUT2D eigenvalue weighted by molar-refractivity contribution is 0.165. The summed E-state index contributed by atoms with van der Waals surface area (Å²) in [6.45, 7) is 0.582. The van der Waals surface area contributed by atoms with Gasteiger partial charge in [0.25, 0.3) is 0 Å². The summed E-state index contributed by atoms with van der Waals surface area (Å²) >= 11 is 5.73. The van der Waals surface area contributed by atoms with E-state index in [0.717, 1.165) is 0 Å². The van der Waals surface area contributed by atoms with E-state index in [-0.39, 0.29) is 16.5 Å². The zero-order valence-electron chi connectivity index (χ0n) is 13.0. The zero-order valence-corrected chi connectivity index (χ0v) is 14.5. The molecule has 3 N–H and O–H groups in total. The van der Waals surface area contributed by atoms with Gasteiger partial charge in [0.05, 0.1) is 11.1 Å². The summed E-state index contributed by atoms with van der Waals surface area (Å²) in [5.41, 5.74) is 0.474. The van der Waals surface area contributed by atoms with Gasteiger partial charge < -0.3 is 19.7 Å². The van der Waals surface area contributed by atoms with Crippen molar-refractivity contribution >= 4 is 21.6 Å². The molecule has 134 valence electrons. The monoisotopic (exact) mass is 385 g/mol. The predicted molar refractivity (Wildman–Crippen MR) is 90.7 cm³/mol. The van der Waals surface area contributed by atoms with Gasteiger partial charge in [-0.05, 0) is 29.8 Å². The molecule has 1 aliphatic heterocycles. The number of nitrogens with one attached hydrogen (secondary N) is 1. The second-order valence-electron chi connectivity index (χ2n) is 5.36. The van der Waals surface area contributed by atoms with E-state index in [4.69, 9.17) is 21.1 Å². The highest BCUT2D eigenvalue weighted by Gasteiger charge is 2.22. The Morgan fingerprint density at radius 1 is 1.16 bits per heavy atom. The van der Waals surface area contributed by atoms with E-state index in [1.807, 2.05) is 0 Å². The molecule has 0 spiro atoms. The third-order valence-electron chi connectivity index (χ3n) is 3.66. The normalized spacial score (nSPS) is 15.0. The fraction of sp³-hybridized carbons (Fsp3) is 0.250. The first-order valence-corrected chi connectivity index (χ1v) is 9.29. The summed E-state index contributed by atoms with van der Waals surface area (Å²) in [5.74, 6) is 0.537. The number of hydrogen-bond acceptors (Lipinski definition) is 6. The van der Waals surface area contributed by atoms with E-state index in [0.29, 0.717) is 30.3 Å². The van der Waals surface area contributed by atoms with E-state index in [1.165, 1.54) is 18.2 Å². The summed E-state index contributed by atoms with van der Waals surface area (Å²) < 4.78 is 37.7. The number of halogens is 1. The molecule has 2 aromatic carbocycles. The molecule has 1 aliphatic rings. The number of aliphatic hydroxyl groups excluding tert-OH is 1. The van der Waals surface area contributed by atoms with Gasteiger partial charge in [0, 0.05) is 6.54 Å². The Balaban J connectivity index is 1.73. The van der Waals surface area contributed by atoms with Crippen molar-refractivity contribution in [1.82, 2.24) is 4.72 Å². The van der Waals surface area contributed by atoms with Crippen LogP contribution >= 0.6 is 11.6 Å². The first-order valence-electron chi connectivity index (χ1n) is 7.43. The molecular formula is C16H16ClNO6S. The topological polar surface area (TPSA) is 105 Å². The lowest BCUT2D eigenvalue weighted by Gasteiger charge is -2.20. The molecule has 0 bridgehead atoms. The molecule has 7 nitrogen and oxygen atoms in total. The maximum absolute atomic E-state index is 12.3. The quantitative estimate of drug-likeness (QED) is 0.725. The Hall–Kier alpha value is -2.00. The number of phenolic OH excluding ortho intramolecular Hbond substituents is 1. The Kier molecular flexibility index (Phi) is 5.05. The number of aliphatic hydroxyl groups is 1. The van der Waals surface area contributed by atoms with Gasteiger partial charge in [-0.1, -0.05) is 23.7 Å². The maximum atomic E-state index is 12.3. The Morgan fingerprint density at radius 2 is 1.88 bits per heavy atom. The number of aromatic hydroxyl groups is 1. The van der Waals surface area contributed by atoms with Gasteiger partial charge in [-0.2, -0.15) is 0 Å². The fourth-order valence-electron chi connectivity index (χ4n) is 2.36. The second-order valence-corrected chi connectivity index (χ2v) is 7.50. The second kappa shape index (κ2) is 7.09. The smallest absolute Gasteiger partial charge is 0.244 e. The molecule has 0 aromatic heterocycles.